The highest BCUT2D eigenvalue weighted by molar-refractivity contribution is 5.76. The van der Waals surface area contributed by atoms with E-state index < -0.39 is 0 Å². The minimum absolute atomic E-state index is 0.456. The van der Waals surface area contributed by atoms with E-state index in [4.69, 9.17) is 6.35 Å². The number of pyridine rings is 1. The minimum Gasteiger partial charge on any atom is -0.248 e. The Morgan fingerprint density at radius 1 is 0.500 bits per heavy atom. The summed E-state index contributed by atoms with van der Waals surface area (Å²) in [7, 11) is 0. The fourth-order valence-corrected chi connectivity index (χ4v) is 2.74. The second-order valence-electron chi connectivity index (χ2n) is 5.63. The molecule has 4 aromatic rings. The van der Waals surface area contributed by atoms with Crippen molar-refractivity contribution >= 4 is 0 Å². The van der Waals surface area contributed by atoms with Crippen LogP contribution in [-0.4, -0.2) is 4.98 Å². The summed E-state index contributed by atoms with van der Waals surface area (Å²) in [6.07, 6.45) is 0. The van der Waals surface area contributed by atoms with Gasteiger partial charge < -0.3 is 0 Å². The van der Waals surface area contributed by atoms with Crippen molar-refractivity contribution in [3.05, 3.63) is 103 Å². The topological polar surface area (TPSA) is 12.9 Å². The van der Waals surface area contributed by atoms with Crippen LogP contribution in [0, 0.1) is 0 Å². The molecule has 0 amide bonds. The first kappa shape index (κ1) is 13.3. The zero-order valence-electron chi connectivity index (χ0n) is 14.2. The highest BCUT2D eigenvalue weighted by Crippen LogP contribution is 2.29. The van der Waals surface area contributed by atoms with Crippen LogP contribution < -0.4 is 0 Å². The molecule has 1 aromatic heterocycles. The predicted molar refractivity (Wildman–Crippen MR) is 101 cm³/mol. The molecule has 1 nitrogen and oxygen atoms in total. The Morgan fingerprint density at radius 2 is 0.958 bits per heavy atom. The van der Waals surface area contributed by atoms with Crippen LogP contribution in [0.2, 0.25) is 0 Å². The smallest absolute Gasteiger partial charge is 0.0715 e. The normalized spacial score (nSPS) is 11.1. The average molecular weight is 308 g/mol. The van der Waals surface area contributed by atoms with Crippen molar-refractivity contribution in [3.63, 3.8) is 0 Å². The molecule has 0 atom stereocenters. The van der Waals surface area contributed by atoms with Crippen molar-refractivity contribution in [1.82, 2.24) is 4.98 Å². The lowest BCUT2D eigenvalue weighted by Crippen LogP contribution is -1.90. The van der Waals surface area contributed by atoms with Crippen LogP contribution in [0.1, 0.15) is 1.37 Å². The van der Waals surface area contributed by atoms with Gasteiger partial charge in [-0.2, -0.15) is 0 Å². The van der Waals surface area contributed by atoms with Gasteiger partial charge in [0.1, 0.15) is 0 Å². The molecule has 0 N–H and O–H groups in total. The van der Waals surface area contributed by atoms with Crippen molar-refractivity contribution < 1.29 is 1.37 Å². The van der Waals surface area contributed by atoms with E-state index in [2.05, 4.69) is 12.1 Å². The monoisotopic (exact) mass is 308 g/mol. The van der Waals surface area contributed by atoms with Crippen molar-refractivity contribution in [2.24, 2.45) is 0 Å². The Hall–Kier alpha value is -3.19. The SMILES string of the molecule is [2H]c1c(-c2ccccc2)cc(-c2ccccc2)nc1-c1ccccc1. The zero-order chi connectivity index (χ0) is 17.1. The van der Waals surface area contributed by atoms with Crippen LogP contribution in [0.3, 0.4) is 0 Å². The van der Waals surface area contributed by atoms with E-state index in [1.807, 2.05) is 84.9 Å². The molecule has 0 fully saturated rings. The number of hydrogen-bond acceptors (Lipinski definition) is 1. The van der Waals surface area contributed by atoms with Gasteiger partial charge in [-0.05, 0) is 23.2 Å². The summed E-state index contributed by atoms with van der Waals surface area (Å²) in [5.74, 6) is 0. The molecule has 0 saturated heterocycles. The standard InChI is InChI=1S/C23H17N/c1-4-10-18(11-5-1)21-16-22(19-12-6-2-7-13-19)24-23(17-21)20-14-8-3-9-15-20/h1-17H/i16D. The molecule has 114 valence electrons. The van der Waals surface area contributed by atoms with E-state index in [9.17, 15) is 0 Å². The first-order valence-corrected chi connectivity index (χ1v) is 8.01. The number of aromatic nitrogens is 1. The zero-order valence-corrected chi connectivity index (χ0v) is 13.2. The minimum atomic E-state index is 0.456. The van der Waals surface area contributed by atoms with Gasteiger partial charge in [0.25, 0.3) is 0 Å². The van der Waals surface area contributed by atoms with Gasteiger partial charge in [0.2, 0.25) is 0 Å². The maximum atomic E-state index is 8.72. The number of hydrogen-bond donors (Lipinski definition) is 0. The molecule has 0 saturated carbocycles. The molecule has 0 radical (unpaired) electrons. The second kappa shape index (κ2) is 6.51. The summed E-state index contributed by atoms with van der Waals surface area (Å²) in [6, 6.07) is 32.6. The van der Waals surface area contributed by atoms with Crippen molar-refractivity contribution in [1.29, 1.82) is 0 Å². The molecular weight excluding hydrogens is 290 g/mol. The molecule has 0 unspecified atom stereocenters. The lowest BCUT2D eigenvalue weighted by atomic mass is 10.00. The van der Waals surface area contributed by atoms with Crippen LogP contribution in [0.25, 0.3) is 33.6 Å². The number of rotatable bonds is 3. The molecule has 0 bridgehead atoms. The summed E-state index contributed by atoms with van der Waals surface area (Å²) in [5, 5.41) is 0. The van der Waals surface area contributed by atoms with Crippen LogP contribution in [0.5, 0.6) is 0 Å². The van der Waals surface area contributed by atoms with Crippen LogP contribution >= 0.6 is 0 Å². The lowest BCUT2D eigenvalue weighted by Gasteiger charge is -2.10. The molecular formula is C23H17N. The molecule has 3 aromatic carbocycles. The Morgan fingerprint density at radius 3 is 1.50 bits per heavy atom. The molecule has 0 aliphatic heterocycles. The van der Waals surface area contributed by atoms with E-state index >= 15 is 0 Å². The summed E-state index contributed by atoms with van der Waals surface area (Å²) < 4.78 is 8.72. The predicted octanol–water partition coefficient (Wildman–Crippen LogP) is 6.08. The Kier molecular flexibility index (Phi) is 3.60. The largest absolute Gasteiger partial charge is 0.248 e. The Bertz CT molecular complexity index is 920. The van der Waals surface area contributed by atoms with E-state index in [-0.39, 0.29) is 0 Å². The maximum absolute atomic E-state index is 8.72. The lowest BCUT2D eigenvalue weighted by molar-refractivity contribution is 1.32. The van der Waals surface area contributed by atoms with Gasteiger partial charge in [-0.1, -0.05) is 91.0 Å². The van der Waals surface area contributed by atoms with Crippen LogP contribution in [0.4, 0.5) is 0 Å². The van der Waals surface area contributed by atoms with Gasteiger partial charge in [-0.3, -0.25) is 0 Å². The van der Waals surface area contributed by atoms with Gasteiger partial charge in [-0.15, -0.1) is 0 Å². The van der Waals surface area contributed by atoms with Gasteiger partial charge in [0.05, 0.1) is 12.8 Å². The van der Waals surface area contributed by atoms with Crippen molar-refractivity contribution in [3.8, 4) is 33.6 Å². The molecule has 0 aliphatic carbocycles. The van der Waals surface area contributed by atoms with E-state index in [1.54, 1.807) is 0 Å². The molecule has 0 spiro atoms. The summed E-state index contributed by atoms with van der Waals surface area (Å²) in [4.78, 5) is 4.81. The molecule has 24 heavy (non-hydrogen) atoms. The van der Waals surface area contributed by atoms with Gasteiger partial charge in [0.15, 0.2) is 0 Å². The molecule has 4 rings (SSSR count). The number of nitrogens with zero attached hydrogens (tertiary/aromatic N) is 1. The molecule has 1 heterocycles. The highest BCUT2D eigenvalue weighted by atomic mass is 14.7. The maximum Gasteiger partial charge on any atom is 0.0715 e. The van der Waals surface area contributed by atoms with E-state index in [0.29, 0.717) is 11.7 Å². The molecule has 0 aliphatic rings. The van der Waals surface area contributed by atoms with Crippen molar-refractivity contribution in [2.75, 3.05) is 0 Å². The first-order chi connectivity index (χ1) is 12.3. The fourth-order valence-electron chi connectivity index (χ4n) is 2.74. The van der Waals surface area contributed by atoms with Gasteiger partial charge >= 0.3 is 0 Å². The van der Waals surface area contributed by atoms with Crippen LogP contribution in [-0.2, 0) is 0 Å². The highest BCUT2D eigenvalue weighted by Gasteiger charge is 2.08. The summed E-state index contributed by atoms with van der Waals surface area (Å²) >= 11 is 0. The Labute approximate surface area is 143 Å². The third kappa shape index (κ3) is 2.97. The van der Waals surface area contributed by atoms with E-state index in [0.717, 1.165) is 27.9 Å². The van der Waals surface area contributed by atoms with Gasteiger partial charge in [0, 0.05) is 11.1 Å². The Balaban J connectivity index is 1.98. The quantitative estimate of drug-likeness (QED) is 0.447. The van der Waals surface area contributed by atoms with Crippen LogP contribution in [0.15, 0.2) is 103 Å². The van der Waals surface area contributed by atoms with Crippen molar-refractivity contribution in [2.45, 2.75) is 0 Å². The first-order valence-electron chi connectivity index (χ1n) is 8.51. The van der Waals surface area contributed by atoms with E-state index in [1.165, 1.54) is 0 Å². The van der Waals surface area contributed by atoms with Gasteiger partial charge in [-0.25, -0.2) is 4.98 Å². The second-order valence-corrected chi connectivity index (χ2v) is 5.63. The summed E-state index contributed by atoms with van der Waals surface area (Å²) in [6.45, 7) is 0. The summed E-state index contributed by atoms with van der Waals surface area (Å²) in [5.41, 5.74) is 5.53. The third-order valence-corrected chi connectivity index (χ3v) is 3.97. The average Bonchev–Trinajstić information content (AvgIpc) is 2.70. The number of benzene rings is 3. The molecule has 1 heteroatoms. The fraction of sp³-hybridized carbons (Fsp3) is 0. The third-order valence-electron chi connectivity index (χ3n) is 3.97.